The van der Waals surface area contributed by atoms with Gasteiger partial charge in [-0.15, -0.1) is 0 Å². The van der Waals surface area contributed by atoms with Crippen LogP contribution in [0.3, 0.4) is 0 Å². The molecule has 0 aliphatic heterocycles. The second-order valence-electron chi connectivity index (χ2n) is 0. The van der Waals surface area contributed by atoms with E-state index in [-0.39, 0.29) is 86.0 Å². The molecule has 0 rings (SSSR count). The van der Waals surface area contributed by atoms with Crippen molar-refractivity contribution in [1.82, 2.24) is 0 Å². The molecule has 4 heavy (non-hydrogen) atoms. The molecule has 0 aliphatic rings. The van der Waals surface area contributed by atoms with Crippen molar-refractivity contribution in [2.75, 3.05) is 0 Å². The van der Waals surface area contributed by atoms with Gasteiger partial charge >= 0.3 is 37.7 Å². The molecular formula is H7AlCaMnSi. The summed E-state index contributed by atoms with van der Waals surface area (Å²) in [5, 5.41) is 0. The van der Waals surface area contributed by atoms with Gasteiger partial charge in [0, 0.05) is 17.1 Å². The van der Waals surface area contributed by atoms with E-state index < -0.39 is 0 Å². The second-order valence-corrected chi connectivity index (χ2v) is 0. The first kappa shape index (κ1) is 31.2. The fourth-order valence-corrected chi connectivity index (χ4v) is 0. The summed E-state index contributed by atoms with van der Waals surface area (Å²) in [4.78, 5) is 0. The maximum Gasteiger partial charge on any atom is 2.00 e. The first-order chi connectivity index (χ1) is 0. The van der Waals surface area contributed by atoms with Crippen molar-refractivity contribution in [3.63, 3.8) is 0 Å². The molecule has 0 aromatic heterocycles. The Bertz CT molecular complexity index is 13.5. The maximum absolute atomic E-state index is 0. The predicted octanol–water partition coefficient (Wildman–Crippen LogP) is -2.26. The molecule has 0 heterocycles. The summed E-state index contributed by atoms with van der Waals surface area (Å²) in [7, 11) is 0. The standard InChI is InChI=1S/Al.Ca.Mn.H3Si.4H/h;;;1H3;;;;/q;+2;;;;;2*-1. The van der Waals surface area contributed by atoms with Gasteiger partial charge in [0.1, 0.15) is 17.4 Å². The first-order valence-corrected chi connectivity index (χ1v) is 0. The van der Waals surface area contributed by atoms with Gasteiger partial charge in [-0.05, 0) is 11.0 Å². The molecule has 0 amide bonds. The molecule has 0 aromatic carbocycles. The van der Waals surface area contributed by atoms with Crippen LogP contribution in [-0.4, -0.2) is 66.1 Å². The van der Waals surface area contributed by atoms with Crippen molar-refractivity contribution in [1.29, 1.82) is 0 Å². The summed E-state index contributed by atoms with van der Waals surface area (Å²) in [6.45, 7) is 0. The van der Waals surface area contributed by atoms with Crippen LogP contribution in [0.4, 0.5) is 0 Å². The molecule has 0 unspecified atom stereocenters. The third kappa shape index (κ3) is 8.82. The van der Waals surface area contributed by atoms with Crippen molar-refractivity contribution >= 4 is 66.1 Å². The van der Waals surface area contributed by atoms with Crippen LogP contribution in [0.25, 0.3) is 0 Å². The van der Waals surface area contributed by atoms with Crippen molar-refractivity contribution in [3.05, 3.63) is 0 Å². The van der Waals surface area contributed by atoms with Crippen molar-refractivity contribution in [3.8, 4) is 0 Å². The molecule has 0 aromatic rings. The van der Waals surface area contributed by atoms with Crippen molar-refractivity contribution in [2.45, 2.75) is 0 Å². The van der Waals surface area contributed by atoms with E-state index in [1.54, 1.807) is 0 Å². The predicted molar refractivity (Wildman–Crippen MR) is 26.5 cm³/mol. The quantitative estimate of drug-likeness (QED) is 0.348. The van der Waals surface area contributed by atoms with E-state index in [0.717, 1.165) is 0 Å². The van der Waals surface area contributed by atoms with Crippen LogP contribution in [0.5, 0.6) is 0 Å². The molecule has 0 fully saturated rings. The summed E-state index contributed by atoms with van der Waals surface area (Å²) in [5.41, 5.74) is 0. The van der Waals surface area contributed by atoms with Crippen LogP contribution < -0.4 is 0 Å². The second kappa shape index (κ2) is 17.7. The average Bonchev–Trinajstić information content (AvgIpc) is 0. The van der Waals surface area contributed by atoms with Crippen molar-refractivity contribution < 1.29 is 19.9 Å². The molecule has 0 bridgehead atoms. The van der Waals surface area contributed by atoms with Crippen LogP contribution in [0, 0.1) is 0 Å². The minimum Gasteiger partial charge on any atom is -1.00 e. The zero-order chi connectivity index (χ0) is 0. The molecule has 0 nitrogen and oxygen atoms in total. The van der Waals surface area contributed by atoms with Gasteiger partial charge in [0.25, 0.3) is 0 Å². The number of rotatable bonds is 0. The zero-order valence-electron chi connectivity index (χ0n) is 5.09. The summed E-state index contributed by atoms with van der Waals surface area (Å²) >= 11 is 0. The molecule has 3 radical (unpaired) electrons. The first-order valence-electron chi connectivity index (χ1n) is 0. The summed E-state index contributed by atoms with van der Waals surface area (Å²) in [6, 6.07) is 0. The van der Waals surface area contributed by atoms with Crippen LogP contribution in [-0.2, 0) is 17.1 Å². The molecule has 4 heteroatoms. The Morgan fingerprint density at radius 1 is 1.25 bits per heavy atom. The molecule has 0 aliphatic carbocycles. The van der Waals surface area contributed by atoms with Gasteiger partial charge in [-0.25, -0.2) is 0 Å². The van der Waals surface area contributed by atoms with Gasteiger partial charge in [-0.2, -0.15) is 0 Å². The zero-order valence-corrected chi connectivity index (χ0v) is 10.5. The van der Waals surface area contributed by atoms with E-state index in [2.05, 4.69) is 0 Å². The number of hydrogen-bond acceptors (Lipinski definition) is 0. The van der Waals surface area contributed by atoms with E-state index in [9.17, 15) is 0 Å². The maximum atomic E-state index is 0. The monoisotopic (exact) mass is 157 g/mol. The Labute approximate surface area is 84.7 Å². The number of hydrogen-bond donors (Lipinski definition) is 0. The largest absolute Gasteiger partial charge is 2.00 e. The Kier molecular flexibility index (Phi) is 138. The van der Waals surface area contributed by atoms with Crippen LogP contribution >= 0.6 is 0 Å². The smallest absolute Gasteiger partial charge is 1.00 e. The van der Waals surface area contributed by atoms with Gasteiger partial charge in [0.15, 0.2) is 0 Å². The minimum absolute atomic E-state index is 0. The van der Waals surface area contributed by atoms with E-state index >= 15 is 0 Å². The van der Waals surface area contributed by atoms with Gasteiger partial charge in [0.05, 0.1) is 0 Å². The van der Waals surface area contributed by atoms with Gasteiger partial charge < -0.3 is 2.85 Å². The van der Waals surface area contributed by atoms with E-state index in [0.29, 0.717) is 0 Å². The Hall–Kier alpha value is 2.53. The molecule has 0 saturated heterocycles. The van der Waals surface area contributed by atoms with Crippen LogP contribution in [0.1, 0.15) is 2.85 Å². The van der Waals surface area contributed by atoms with Gasteiger partial charge in [-0.1, -0.05) is 0 Å². The fourth-order valence-electron chi connectivity index (χ4n) is 0. The Morgan fingerprint density at radius 3 is 1.25 bits per heavy atom. The van der Waals surface area contributed by atoms with E-state index in [1.165, 1.54) is 0 Å². The molecule has 0 saturated carbocycles. The molecule has 0 atom stereocenters. The third-order valence-electron chi connectivity index (χ3n) is 0. The van der Waals surface area contributed by atoms with Gasteiger partial charge in [0.2, 0.25) is 0 Å². The Morgan fingerprint density at radius 2 is 1.25 bits per heavy atom. The minimum atomic E-state index is 0. The summed E-state index contributed by atoms with van der Waals surface area (Å²) < 4.78 is 0. The summed E-state index contributed by atoms with van der Waals surface area (Å²) in [5.74, 6) is 0. The normalized spacial score (nSPS) is 0. The topological polar surface area (TPSA) is 0 Å². The summed E-state index contributed by atoms with van der Waals surface area (Å²) in [6.07, 6.45) is 0. The SMILES string of the molecule is [AlH2].[Ca+2].[H-].[H-].[Mn].[SiH3]. The van der Waals surface area contributed by atoms with E-state index in [1.807, 2.05) is 0 Å². The van der Waals surface area contributed by atoms with Crippen LogP contribution in [0.2, 0.25) is 0 Å². The van der Waals surface area contributed by atoms with E-state index in [4.69, 9.17) is 0 Å². The third-order valence-corrected chi connectivity index (χ3v) is 0. The average molecular weight is 157 g/mol. The molecule has 0 spiro atoms. The fraction of sp³-hybridized carbons (Fsp3) is 0. The van der Waals surface area contributed by atoms with Gasteiger partial charge in [-0.3, -0.25) is 0 Å². The molecule has 0 N–H and O–H groups in total. The molecular weight excluding hydrogens is 150 g/mol. The van der Waals surface area contributed by atoms with Crippen LogP contribution in [0.15, 0.2) is 0 Å². The molecule has 23 valence electrons. The Balaban J connectivity index is 0. The van der Waals surface area contributed by atoms with Crippen molar-refractivity contribution in [2.24, 2.45) is 0 Å².